The molecule has 1 aromatic rings. The molecule has 0 aromatic heterocycles. The zero-order chi connectivity index (χ0) is 11.9. The van der Waals surface area contributed by atoms with Crippen molar-refractivity contribution in [2.75, 3.05) is 13.4 Å². The van der Waals surface area contributed by atoms with Crippen LogP contribution in [-0.2, 0) is 6.42 Å². The first-order valence-corrected chi connectivity index (χ1v) is 6.22. The molecule has 1 aromatic carbocycles. The SMILES string of the molecule is Cc1cc2c(cc1CC1(CO)CCC1)OCO2. The standard InChI is InChI=1S/C14H18O3/c1-10-5-12-13(17-9-16-12)6-11(10)7-14(8-15)3-2-4-14/h5-6,15H,2-4,7-9H2,1H3. The maximum Gasteiger partial charge on any atom is 0.231 e. The van der Waals surface area contributed by atoms with Crippen molar-refractivity contribution in [1.29, 1.82) is 0 Å². The number of aliphatic hydroxyl groups excluding tert-OH is 1. The molecule has 0 saturated heterocycles. The van der Waals surface area contributed by atoms with Gasteiger partial charge in [0.25, 0.3) is 0 Å². The largest absolute Gasteiger partial charge is 0.454 e. The lowest BCUT2D eigenvalue weighted by Crippen LogP contribution is -2.35. The Hall–Kier alpha value is -1.22. The van der Waals surface area contributed by atoms with Crippen LogP contribution in [0.4, 0.5) is 0 Å². The second kappa shape index (κ2) is 3.91. The van der Waals surface area contributed by atoms with E-state index in [2.05, 4.69) is 13.0 Å². The monoisotopic (exact) mass is 234 g/mol. The molecule has 1 saturated carbocycles. The van der Waals surface area contributed by atoms with Gasteiger partial charge in [0.05, 0.1) is 0 Å². The quantitative estimate of drug-likeness (QED) is 0.873. The highest BCUT2D eigenvalue weighted by atomic mass is 16.7. The maximum absolute atomic E-state index is 9.53. The van der Waals surface area contributed by atoms with Gasteiger partial charge < -0.3 is 14.6 Å². The van der Waals surface area contributed by atoms with E-state index in [4.69, 9.17) is 9.47 Å². The molecule has 0 unspecified atom stereocenters. The Kier molecular flexibility index (Phi) is 2.51. The third-order valence-electron chi connectivity index (χ3n) is 4.15. The van der Waals surface area contributed by atoms with Crippen LogP contribution >= 0.6 is 0 Å². The Morgan fingerprint density at radius 2 is 1.94 bits per heavy atom. The molecular formula is C14H18O3. The van der Waals surface area contributed by atoms with Gasteiger partial charge in [-0.05, 0) is 54.9 Å². The molecule has 1 aliphatic carbocycles. The Balaban J connectivity index is 1.88. The number of aliphatic hydroxyl groups is 1. The first-order valence-electron chi connectivity index (χ1n) is 6.22. The second-order valence-corrected chi connectivity index (χ2v) is 5.32. The molecule has 3 heteroatoms. The van der Waals surface area contributed by atoms with Gasteiger partial charge >= 0.3 is 0 Å². The number of aryl methyl sites for hydroxylation is 1. The van der Waals surface area contributed by atoms with Crippen LogP contribution in [0.5, 0.6) is 11.5 Å². The van der Waals surface area contributed by atoms with Gasteiger partial charge in [0.2, 0.25) is 6.79 Å². The van der Waals surface area contributed by atoms with Crippen molar-refractivity contribution in [1.82, 2.24) is 0 Å². The maximum atomic E-state index is 9.53. The zero-order valence-corrected chi connectivity index (χ0v) is 10.2. The minimum atomic E-state index is 0.123. The summed E-state index contributed by atoms with van der Waals surface area (Å²) in [5.74, 6) is 1.69. The summed E-state index contributed by atoms with van der Waals surface area (Å²) in [6, 6.07) is 4.12. The molecule has 92 valence electrons. The van der Waals surface area contributed by atoms with E-state index in [0.717, 1.165) is 30.8 Å². The van der Waals surface area contributed by atoms with E-state index in [-0.39, 0.29) is 5.41 Å². The van der Waals surface area contributed by atoms with Crippen molar-refractivity contribution < 1.29 is 14.6 Å². The summed E-state index contributed by atoms with van der Waals surface area (Å²) in [6.45, 7) is 2.71. The average molecular weight is 234 g/mol. The fourth-order valence-electron chi connectivity index (χ4n) is 2.75. The number of hydrogen-bond donors (Lipinski definition) is 1. The highest BCUT2D eigenvalue weighted by molar-refractivity contribution is 5.48. The molecule has 0 bridgehead atoms. The summed E-state index contributed by atoms with van der Waals surface area (Å²) in [6.07, 6.45) is 4.46. The molecule has 1 fully saturated rings. The van der Waals surface area contributed by atoms with Crippen LogP contribution in [0.25, 0.3) is 0 Å². The van der Waals surface area contributed by atoms with Crippen molar-refractivity contribution >= 4 is 0 Å². The number of ether oxygens (including phenoxy) is 2. The van der Waals surface area contributed by atoms with Crippen molar-refractivity contribution in [3.05, 3.63) is 23.3 Å². The lowest BCUT2D eigenvalue weighted by molar-refractivity contribution is 0.0448. The van der Waals surface area contributed by atoms with E-state index in [1.165, 1.54) is 17.5 Å². The molecule has 17 heavy (non-hydrogen) atoms. The summed E-state index contributed by atoms with van der Waals surface area (Å²) >= 11 is 0. The molecule has 3 rings (SSSR count). The fourth-order valence-corrected chi connectivity index (χ4v) is 2.75. The van der Waals surface area contributed by atoms with Crippen molar-refractivity contribution in [2.24, 2.45) is 5.41 Å². The van der Waals surface area contributed by atoms with Gasteiger partial charge in [-0.2, -0.15) is 0 Å². The van der Waals surface area contributed by atoms with Crippen LogP contribution in [-0.4, -0.2) is 18.5 Å². The lowest BCUT2D eigenvalue weighted by Gasteiger charge is -2.40. The Bertz CT molecular complexity index is 430. The van der Waals surface area contributed by atoms with E-state index in [9.17, 15) is 5.11 Å². The van der Waals surface area contributed by atoms with E-state index in [0.29, 0.717) is 13.4 Å². The molecular weight excluding hydrogens is 216 g/mol. The molecule has 3 nitrogen and oxygen atoms in total. The van der Waals surface area contributed by atoms with Crippen LogP contribution in [0.2, 0.25) is 0 Å². The summed E-state index contributed by atoms with van der Waals surface area (Å²) in [7, 11) is 0. The number of hydrogen-bond acceptors (Lipinski definition) is 3. The van der Waals surface area contributed by atoms with Gasteiger partial charge in [-0.1, -0.05) is 6.42 Å². The Morgan fingerprint density at radius 3 is 2.53 bits per heavy atom. The lowest BCUT2D eigenvalue weighted by atomic mass is 9.65. The smallest absolute Gasteiger partial charge is 0.231 e. The average Bonchev–Trinajstić information content (AvgIpc) is 2.70. The van der Waals surface area contributed by atoms with Crippen molar-refractivity contribution in [2.45, 2.75) is 32.6 Å². The van der Waals surface area contributed by atoms with Gasteiger partial charge in [-0.25, -0.2) is 0 Å². The minimum Gasteiger partial charge on any atom is -0.454 e. The molecule has 0 spiro atoms. The van der Waals surface area contributed by atoms with E-state index >= 15 is 0 Å². The summed E-state index contributed by atoms with van der Waals surface area (Å²) in [5, 5.41) is 9.53. The highest BCUT2D eigenvalue weighted by Crippen LogP contribution is 2.45. The third-order valence-corrected chi connectivity index (χ3v) is 4.15. The highest BCUT2D eigenvalue weighted by Gasteiger charge is 2.37. The summed E-state index contributed by atoms with van der Waals surface area (Å²) in [4.78, 5) is 0. The molecule has 0 atom stereocenters. The third kappa shape index (κ3) is 1.78. The van der Waals surface area contributed by atoms with Crippen LogP contribution in [0.1, 0.15) is 30.4 Å². The van der Waals surface area contributed by atoms with Gasteiger partial charge in [-0.3, -0.25) is 0 Å². The second-order valence-electron chi connectivity index (χ2n) is 5.32. The Morgan fingerprint density at radius 1 is 1.24 bits per heavy atom. The first-order chi connectivity index (χ1) is 8.22. The minimum absolute atomic E-state index is 0.123. The molecule has 0 radical (unpaired) electrons. The van der Waals surface area contributed by atoms with E-state index < -0.39 is 0 Å². The first kappa shape index (κ1) is 10.9. The number of fused-ring (bicyclic) bond motifs is 1. The van der Waals surface area contributed by atoms with Gasteiger partial charge in [-0.15, -0.1) is 0 Å². The van der Waals surface area contributed by atoms with Crippen molar-refractivity contribution in [3.63, 3.8) is 0 Å². The number of benzene rings is 1. The van der Waals surface area contributed by atoms with Gasteiger partial charge in [0.15, 0.2) is 11.5 Å². The molecule has 0 amide bonds. The number of rotatable bonds is 3. The topological polar surface area (TPSA) is 38.7 Å². The van der Waals surface area contributed by atoms with Gasteiger partial charge in [0.1, 0.15) is 0 Å². The van der Waals surface area contributed by atoms with Gasteiger partial charge in [0, 0.05) is 6.61 Å². The van der Waals surface area contributed by atoms with Crippen LogP contribution in [0.3, 0.4) is 0 Å². The summed E-state index contributed by atoms with van der Waals surface area (Å²) < 4.78 is 10.8. The van der Waals surface area contributed by atoms with Crippen molar-refractivity contribution in [3.8, 4) is 11.5 Å². The predicted molar refractivity (Wildman–Crippen MR) is 64.4 cm³/mol. The molecule has 1 heterocycles. The molecule has 1 N–H and O–H groups in total. The van der Waals surface area contributed by atoms with E-state index in [1.54, 1.807) is 0 Å². The fraction of sp³-hybridized carbons (Fsp3) is 0.571. The molecule has 2 aliphatic rings. The summed E-state index contributed by atoms with van der Waals surface area (Å²) in [5.41, 5.74) is 2.63. The molecule has 1 aliphatic heterocycles. The Labute approximate surface area is 101 Å². The van der Waals surface area contributed by atoms with E-state index in [1.807, 2.05) is 6.07 Å². The van der Waals surface area contributed by atoms with Crippen LogP contribution in [0, 0.1) is 12.3 Å². The predicted octanol–water partition coefficient (Wildman–Crippen LogP) is 2.43. The van der Waals surface area contributed by atoms with Crippen LogP contribution in [0.15, 0.2) is 12.1 Å². The normalized spacial score (nSPS) is 20.1. The zero-order valence-electron chi connectivity index (χ0n) is 10.2. The van der Waals surface area contributed by atoms with Crippen LogP contribution < -0.4 is 9.47 Å².